The molecule has 1 atom stereocenters. The summed E-state index contributed by atoms with van der Waals surface area (Å²) >= 11 is 1.74. The summed E-state index contributed by atoms with van der Waals surface area (Å²) in [5.74, 6) is 0.707. The lowest BCUT2D eigenvalue weighted by Gasteiger charge is -1.92. The number of hydrogen-bond donors (Lipinski definition) is 0. The van der Waals surface area contributed by atoms with Crippen LogP contribution in [0.5, 0.6) is 0 Å². The standard InChI is InChI=1S/C9H6OS2/c10-12-4-2-7-8(12)5-6-1-3-11-9(6)7/h1-3,5H,4H2. The van der Waals surface area contributed by atoms with Gasteiger partial charge in [0.25, 0.3) is 0 Å². The lowest BCUT2D eigenvalue weighted by atomic mass is 10.2. The Bertz CT molecular complexity index is 437. The second-order valence-corrected chi connectivity index (χ2v) is 5.22. The van der Waals surface area contributed by atoms with Crippen molar-refractivity contribution in [1.82, 2.24) is 0 Å². The summed E-state index contributed by atoms with van der Waals surface area (Å²) in [6.45, 7) is 0. The normalized spacial score (nSPS) is 24.8. The van der Waals surface area contributed by atoms with Crippen molar-refractivity contribution < 1.29 is 4.21 Å². The fourth-order valence-corrected chi connectivity index (χ4v) is 3.80. The zero-order valence-electron chi connectivity index (χ0n) is 6.24. The molecule has 1 aromatic heterocycles. The van der Waals surface area contributed by atoms with Gasteiger partial charge in [0.15, 0.2) is 0 Å². The van der Waals surface area contributed by atoms with Gasteiger partial charge in [-0.3, -0.25) is 4.21 Å². The van der Waals surface area contributed by atoms with E-state index in [0.717, 1.165) is 4.91 Å². The van der Waals surface area contributed by atoms with E-state index in [-0.39, 0.29) is 0 Å². The third-order valence-electron chi connectivity index (χ3n) is 2.18. The fourth-order valence-electron chi connectivity index (χ4n) is 1.61. The van der Waals surface area contributed by atoms with Crippen LogP contribution >= 0.6 is 11.3 Å². The molecular weight excluding hydrogens is 188 g/mol. The maximum atomic E-state index is 11.4. The predicted molar refractivity (Wildman–Crippen MR) is 53.3 cm³/mol. The summed E-state index contributed by atoms with van der Waals surface area (Å²) < 4.78 is 11.4. The molecule has 60 valence electrons. The third-order valence-corrected chi connectivity index (χ3v) is 4.44. The van der Waals surface area contributed by atoms with Crippen molar-refractivity contribution in [3.05, 3.63) is 32.9 Å². The summed E-state index contributed by atoms with van der Waals surface area (Å²) in [6, 6.07) is 2.09. The van der Waals surface area contributed by atoms with E-state index < -0.39 is 10.8 Å². The summed E-state index contributed by atoms with van der Waals surface area (Å²) in [5.41, 5.74) is 2.47. The van der Waals surface area contributed by atoms with Crippen molar-refractivity contribution in [2.24, 2.45) is 0 Å². The van der Waals surface area contributed by atoms with E-state index in [2.05, 4.69) is 23.6 Å². The van der Waals surface area contributed by atoms with Crippen LogP contribution in [0.25, 0.3) is 11.6 Å². The molecule has 0 N–H and O–H groups in total. The number of hydrogen-bond acceptors (Lipinski definition) is 2. The van der Waals surface area contributed by atoms with E-state index in [9.17, 15) is 4.21 Å². The number of allylic oxidation sites excluding steroid dienone is 1. The Hall–Kier alpha value is -0.670. The summed E-state index contributed by atoms with van der Waals surface area (Å²) in [6.07, 6.45) is 4.14. The molecule has 0 bridgehead atoms. The quantitative estimate of drug-likeness (QED) is 0.619. The van der Waals surface area contributed by atoms with E-state index in [1.165, 1.54) is 16.0 Å². The van der Waals surface area contributed by atoms with Gasteiger partial charge in [-0.05, 0) is 23.1 Å². The highest BCUT2D eigenvalue weighted by Gasteiger charge is 2.27. The largest absolute Gasteiger partial charge is 0.254 e. The second-order valence-electron chi connectivity index (χ2n) is 2.84. The minimum absolute atomic E-state index is 0.707. The van der Waals surface area contributed by atoms with Crippen molar-refractivity contribution in [3.63, 3.8) is 0 Å². The van der Waals surface area contributed by atoms with Crippen LogP contribution < -0.4 is 0 Å². The van der Waals surface area contributed by atoms with E-state index in [0.29, 0.717) is 5.75 Å². The average Bonchev–Trinajstić information content (AvgIpc) is 2.63. The molecule has 0 saturated heterocycles. The van der Waals surface area contributed by atoms with Crippen LogP contribution in [0.4, 0.5) is 0 Å². The second kappa shape index (κ2) is 2.18. The van der Waals surface area contributed by atoms with Crippen LogP contribution in [0.3, 0.4) is 0 Å². The Labute approximate surface area is 76.9 Å². The molecule has 0 saturated carbocycles. The van der Waals surface area contributed by atoms with Gasteiger partial charge in [0, 0.05) is 21.1 Å². The minimum Gasteiger partial charge on any atom is -0.254 e. The van der Waals surface area contributed by atoms with E-state index >= 15 is 0 Å². The zero-order valence-corrected chi connectivity index (χ0v) is 7.87. The molecule has 1 aliphatic carbocycles. The van der Waals surface area contributed by atoms with Crippen LogP contribution in [0.1, 0.15) is 10.4 Å². The topological polar surface area (TPSA) is 17.1 Å². The Morgan fingerprint density at radius 3 is 3.33 bits per heavy atom. The van der Waals surface area contributed by atoms with Gasteiger partial charge in [0.1, 0.15) is 0 Å². The summed E-state index contributed by atoms with van der Waals surface area (Å²) in [7, 11) is -0.758. The molecule has 12 heavy (non-hydrogen) atoms. The lowest BCUT2D eigenvalue weighted by molar-refractivity contribution is 0.690. The smallest absolute Gasteiger partial charge is 0.0575 e. The highest BCUT2D eigenvalue weighted by Crippen LogP contribution is 2.43. The van der Waals surface area contributed by atoms with Crippen LogP contribution in [-0.2, 0) is 10.8 Å². The van der Waals surface area contributed by atoms with Gasteiger partial charge in [-0.15, -0.1) is 11.3 Å². The highest BCUT2D eigenvalue weighted by molar-refractivity contribution is 7.90. The molecule has 0 spiro atoms. The molecule has 2 aliphatic rings. The molecule has 0 fully saturated rings. The summed E-state index contributed by atoms with van der Waals surface area (Å²) in [5, 5.41) is 2.08. The monoisotopic (exact) mass is 194 g/mol. The molecule has 1 aromatic rings. The summed E-state index contributed by atoms with van der Waals surface area (Å²) in [4.78, 5) is 2.34. The van der Waals surface area contributed by atoms with E-state index in [4.69, 9.17) is 0 Å². The van der Waals surface area contributed by atoms with Gasteiger partial charge in [-0.1, -0.05) is 6.08 Å². The number of fused-ring (bicyclic) bond motifs is 3. The fraction of sp³-hybridized carbons (Fsp3) is 0.111. The number of thiophene rings is 1. The maximum absolute atomic E-state index is 11.4. The van der Waals surface area contributed by atoms with Crippen LogP contribution in [0.2, 0.25) is 0 Å². The molecular formula is C9H6OS2. The highest BCUT2D eigenvalue weighted by atomic mass is 32.2. The molecule has 0 amide bonds. The van der Waals surface area contributed by atoms with Gasteiger partial charge < -0.3 is 0 Å². The molecule has 0 radical (unpaired) electrons. The Kier molecular flexibility index (Phi) is 1.23. The molecule has 1 unspecified atom stereocenters. The Morgan fingerprint density at radius 2 is 2.42 bits per heavy atom. The predicted octanol–water partition coefficient (Wildman–Crippen LogP) is 2.25. The third kappa shape index (κ3) is 0.704. The Morgan fingerprint density at radius 1 is 1.50 bits per heavy atom. The first-order chi connectivity index (χ1) is 5.86. The first-order valence-electron chi connectivity index (χ1n) is 3.75. The van der Waals surface area contributed by atoms with Crippen molar-refractivity contribution >= 4 is 33.8 Å². The molecule has 1 aliphatic heterocycles. The minimum atomic E-state index is -0.758. The lowest BCUT2D eigenvalue weighted by Crippen LogP contribution is -1.86. The van der Waals surface area contributed by atoms with Crippen LogP contribution in [-0.4, -0.2) is 9.96 Å². The number of rotatable bonds is 0. The maximum Gasteiger partial charge on any atom is 0.0575 e. The van der Waals surface area contributed by atoms with Crippen LogP contribution in [0.15, 0.2) is 22.4 Å². The van der Waals surface area contributed by atoms with Gasteiger partial charge in [0.05, 0.1) is 10.8 Å². The van der Waals surface area contributed by atoms with Gasteiger partial charge in [0.2, 0.25) is 0 Å². The van der Waals surface area contributed by atoms with Crippen molar-refractivity contribution in [3.8, 4) is 0 Å². The molecule has 0 aromatic carbocycles. The first kappa shape index (κ1) is 6.80. The van der Waals surface area contributed by atoms with Crippen LogP contribution in [0, 0.1) is 0 Å². The van der Waals surface area contributed by atoms with Gasteiger partial charge in [-0.2, -0.15) is 0 Å². The van der Waals surface area contributed by atoms with Gasteiger partial charge in [-0.25, -0.2) is 0 Å². The SMILES string of the molecule is O=S1CC=C2C1=Cc1ccsc12. The van der Waals surface area contributed by atoms with E-state index in [1.807, 2.05) is 0 Å². The van der Waals surface area contributed by atoms with E-state index in [1.54, 1.807) is 11.3 Å². The molecule has 3 rings (SSSR count). The molecule has 2 heterocycles. The van der Waals surface area contributed by atoms with Gasteiger partial charge >= 0.3 is 0 Å². The van der Waals surface area contributed by atoms with Crippen molar-refractivity contribution in [1.29, 1.82) is 0 Å². The first-order valence-corrected chi connectivity index (χ1v) is 5.94. The average molecular weight is 194 g/mol. The zero-order chi connectivity index (χ0) is 8.13. The van der Waals surface area contributed by atoms with Crippen molar-refractivity contribution in [2.75, 3.05) is 5.75 Å². The Balaban J connectivity index is 2.31. The van der Waals surface area contributed by atoms with Crippen molar-refractivity contribution in [2.45, 2.75) is 0 Å². The molecule has 1 nitrogen and oxygen atoms in total. The molecule has 3 heteroatoms.